The van der Waals surface area contributed by atoms with E-state index < -0.39 is 12.1 Å². The number of nitrogens with two attached hydrogens (primary N) is 2. The van der Waals surface area contributed by atoms with Crippen molar-refractivity contribution in [2.24, 2.45) is 35.1 Å². The molecule has 0 bridgehead atoms. The maximum atomic E-state index is 12.8. The number of rotatable bonds is 17. The zero-order valence-corrected chi connectivity index (χ0v) is 24.7. The van der Waals surface area contributed by atoms with Crippen LogP contribution in [0.25, 0.3) is 0 Å². The molecule has 7 N–H and O–H groups in total. The first kappa shape index (κ1) is 37.6. The molecule has 0 radical (unpaired) electrons. The molecule has 8 nitrogen and oxygen atoms in total. The molecule has 1 aromatic rings. The van der Waals surface area contributed by atoms with Crippen LogP contribution in [0.5, 0.6) is 5.75 Å². The molecule has 37 heavy (non-hydrogen) atoms. The molecule has 1 aromatic carbocycles. The zero-order valence-electron chi connectivity index (χ0n) is 23.1. The van der Waals surface area contributed by atoms with Crippen LogP contribution in [0.15, 0.2) is 24.3 Å². The molecule has 0 fully saturated rings. The quantitative estimate of drug-likeness (QED) is 0.183. The minimum absolute atomic E-state index is 0. The normalized spacial score (nSPS) is 14.1. The smallest absolute Gasteiger partial charge is 0.255 e. The van der Waals surface area contributed by atoms with Crippen LogP contribution in [-0.4, -0.2) is 55.3 Å². The highest BCUT2D eigenvalue weighted by Gasteiger charge is 2.29. The highest BCUT2D eigenvalue weighted by atomic mass is 35.5. The van der Waals surface area contributed by atoms with Crippen molar-refractivity contribution in [3.05, 3.63) is 29.8 Å². The number of halogens is 2. The first-order valence-electron chi connectivity index (χ1n) is 13.0. The van der Waals surface area contributed by atoms with Gasteiger partial charge < -0.3 is 31.9 Å². The fraction of sp³-hybridized carbons (Fsp3) is 0.704. The fourth-order valence-corrected chi connectivity index (χ4v) is 4.00. The predicted octanol–water partition coefficient (Wildman–Crippen LogP) is 3.53. The van der Waals surface area contributed by atoms with Crippen LogP contribution in [0.3, 0.4) is 0 Å². The van der Waals surface area contributed by atoms with Gasteiger partial charge in [0.1, 0.15) is 12.4 Å². The Morgan fingerprint density at radius 1 is 1.03 bits per heavy atom. The first-order valence-corrected chi connectivity index (χ1v) is 13.0. The van der Waals surface area contributed by atoms with E-state index in [2.05, 4.69) is 31.4 Å². The monoisotopic (exact) mass is 564 g/mol. The summed E-state index contributed by atoms with van der Waals surface area (Å²) in [6.45, 7) is 12.0. The highest BCUT2D eigenvalue weighted by molar-refractivity contribution is 5.96. The number of nitrogens with one attached hydrogen (secondary N) is 2. The molecule has 0 saturated carbocycles. The van der Waals surface area contributed by atoms with E-state index in [4.69, 9.17) is 16.2 Å². The van der Waals surface area contributed by atoms with Crippen molar-refractivity contribution < 1.29 is 19.4 Å². The summed E-state index contributed by atoms with van der Waals surface area (Å²) in [6.07, 6.45) is 2.00. The van der Waals surface area contributed by atoms with Gasteiger partial charge in [-0.15, -0.1) is 24.8 Å². The maximum Gasteiger partial charge on any atom is 0.255 e. The highest BCUT2D eigenvalue weighted by Crippen LogP contribution is 2.24. The van der Waals surface area contributed by atoms with Crippen molar-refractivity contribution in [2.45, 2.75) is 72.4 Å². The van der Waals surface area contributed by atoms with Gasteiger partial charge in [-0.25, -0.2) is 0 Å². The summed E-state index contributed by atoms with van der Waals surface area (Å²) in [5.41, 5.74) is 12.4. The van der Waals surface area contributed by atoms with E-state index in [1.807, 2.05) is 19.9 Å². The number of para-hydroxylation sites is 1. The van der Waals surface area contributed by atoms with Crippen molar-refractivity contribution in [3.63, 3.8) is 0 Å². The van der Waals surface area contributed by atoms with E-state index in [1.165, 1.54) is 0 Å². The van der Waals surface area contributed by atoms with Gasteiger partial charge in [-0.05, 0) is 49.1 Å². The van der Waals surface area contributed by atoms with Crippen LogP contribution in [0.2, 0.25) is 0 Å². The minimum Gasteiger partial charge on any atom is -0.491 e. The van der Waals surface area contributed by atoms with Crippen molar-refractivity contribution in [3.8, 4) is 5.75 Å². The predicted molar refractivity (Wildman–Crippen MR) is 156 cm³/mol. The van der Waals surface area contributed by atoms with Gasteiger partial charge in [0.25, 0.3) is 5.91 Å². The van der Waals surface area contributed by atoms with E-state index in [-0.39, 0.29) is 60.3 Å². The second kappa shape index (κ2) is 20.4. The summed E-state index contributed by atoms with van der Waals surface area (Å²) in [5, 5.41) is 16.8. The topological polar surface area (TPSA) is 140 Å². The lowest BCUT2D eigenvalue weighted by atomic mass is 9.83. The van der Waals surface area contributed by atoms with Crippen LogP contribution in [0.1, 0.15) is 70.7 Å². The maximum absolute atomic E-state index is 12.8. The Balaban J connectivity index is 0. The molecule has 0 aliphatic rings. The number of benzene rings is 1. The fourth-order valence-electron chi connectivity index (χ4n) is 4.00. The Morgan fingerprint density at radius 2 is 1.68 bits per heavy atom. The molecule has 0 spiro atoms. The van der Waals surface area contributed by atoms with Crippen LogP contribution in [-0.2, 0) is 4.79 Å². The van der Waals surface area contributed by atoms with Crippen LogP contribution < -0.4 is 26.8 Å². The number of aliphatic hydroxyl groups excluding tert-OH is 1. The summed E-state index contributed by atoms with van der Waals surface area (Å²) in [7, 11) is 0. The molecule has 0 unspecified atom stereocenters. The van der Waals surface area contributed by atoms with Gasteiger partial charge in [-0.2, -0.15) is 0 Å². The Bertz CT molecular complexity index is 768. The third kappa shape index (κ3) is 13.7. The minimum atomic E-state index is -0.804. The molecule has 216 valence electrons. The summed E-state index contributed by atoms with van der Waals surface area (Å²) >= 11 is 0. The average molecular weight is 566 g/mol. The van der Waals surface area contributed by atoms with Gasteiger partial charge >= 0.3 is 0 Å². The van der Waals surface area contributed by atoms with E-state index in [1.54, 1.807) is 18.2 Å². The molecular formula is C27H50Cl2N4O4. The van der Waals surface area contributed by atoms with E-state index in [0.29, 0.717) is 50.4 Å². The SMILES string of the molecule is CCCCNC(=O)[C@@H](C[C@H](O)[C@@H](N)C[C@H](CNC(=O)c1ccccc1OCCN)C(C)C)C(C)C.Cl.Cl. The molecule has 0 saturated heterocycles. The summed E-state index contributed by atoms with van der Waals surface area (Å²) in [4.78, 5) is 25.5. The van der Waals surface area contributed by atoms with Crippen molar-refractivity contribution >= 4 is 36.6 Å². The van der Waals surface area contributed by atoms with Crippen LogP contribution in [0, 0.1) is 23.7 Å². The lowest BCUT2D eigenvalue weighted by Gasteiger charge is -2.30. The number of amides is 2. The second-order valence-corrected chi connectivity index (χ2v) is 10.0. The summed E-state index contributed by atoms with van der Waals surface area (Å²) in [6, 6.07) is 6.58. The average Bonchev–Trinajstić information content (AvgIpc) is 2.82. The molecule has 0 aromatic heterocycles. The standard InChI is InChI=1S/C27H48N4O4.2ClH/c1-6-7-13-30-27(34)22(19(4)5)16-24(32)23(29)15-20(18(2)3)17-31-26(33)21-10-8-9-11-25(21)35-14-12-28;;/h8-11,18-20,22-24,32H,6-7,12-17,28-29H2,1-5H3,(H,30,34)(H,31,33);2*1H/t20-,22+,23+,24+;;/m1../s1. The molecule has 2 amide bonds. The zero-order chi connectivity index (χ0) is 26.4. The summed E-state index contributed by atoms with van der Waals surface area (Å²) in [5.74, 6) is 0.368. The lowest BCUT2D eigenvalue weighted by molar-refractivity contribution is -0.127. The Morgan fingerprint density at radius 3 is 2.24 bits per heavy atom. The number of carbonyl (C=O) groups excluding carboxylic acids is 2. The van der Waals surface area contributed by atoms with Crippen LogP contribution >= 0.6 is 24.8 Å². The Kier molecular flexibility index (Phi) is 20.7. The van der Waals surface area contributed by atoms with Gasteiger partial charge in [0.15, 0.2) is 0 Å². The Labute approximate surface area is 235 Å². The molecule has 0 aliphatic carbocycles. The number of unbranched alkanes of at least 4 members (excludes halogenated alkanes) is 1. The molecule has 10 heteroatoms. The third-order valence-electron chi connectivity index (χ3n) is 6.51. The number of aliphatic hydroxyl groups is 1. The van der Waals surface area contributed by atoms with Crippen molar-refractivity contribution in [1.82, 2.24) is 10.6 Å². The summed E-state index contributed by atoms with van der Waals surface area (Å²) < 4.78 is 5.59. The molecule has 1 rings (SSSR count). The first-order chi connectivity index (χ1) is 16.6. The molecule has 0 heterocycles. The number of hydrogen-bond acceptors (Lipinski definition) is 6. The van der Waals surface area contributed by atoms with E-state index in [9.17, 15) is 14.7 Å². The number of hydrogen-bond donors (Lipinski definition) is 5. The van der Waals surface area contributed by atoms with E-state index in [0.717, 1.165) is 12.8 Å². The van der Waals surface area contributed by atoms with Crippen molar-refractivity contribution in [2.75, 3.05) is 26.2 Å². The van der Waals surface area contributed by atoms with Crippen molar-refractivity contribution in [1.29, 1.82) is 0 Å². The molecular weight excluding hydrogens is 515 g/mol. The van der Waals surface area contributed by atoms with Gasteiger partial charge in [0.2, 0.25) is 5.91 Å². The second-order valence-electron chi connectivity index (χ2n) is 10.0. The van der Waals surface area contributed by atoms with E-state index >= 15 is 0 Å². The van der Waals surface area contributed by atoms with Gasteiger partial charge in [0, 0.05) is 31.6 Å². The van der Waals surface area contributed by atoms with Gasteiger partial charge in [0.05, 0.1) is 11.7 Å². The van der Waals surface area contributed by atoms with Gasteiger partial charge in [-0.3, -0.25) is 9.59 Å². The van der Waals surface area contributed by atoms with Crippen LogP contribution in [0.4, 0.5) is 0 Å². The van der Waals surface area contributed by atoms with Gasteiger partial charge in [-0.1, -0.05) is 53.2 Å². The molecule has 0 aliphatic heterocycles. The number of ether oxygens (including phenoxy) is 1. The largest absolute Gasteiger partial charge is 0.491 e. The Hall–Kier alpha value is -1.58. The third-order valence-corrected chi connectivity index (χ3v) is 6.51. The number of carbonyl (C=O) groups is 2. The molecule has 4 atom stereocenters. The lowest BCUT2D eigenvalue weighted by Crippen LogP contribution is -2.44.